The number of pyridine rings is 1. The summed E-state index contributed by atoms with van der Waals surface area (Å²) in [6, 6.07) is 8.78. The third-order valence-electron chi connectivity index (χ3n) is 5.24. The van der Waals surface area contributed by atoms with E-state index in [0.717, 1.165) is 20.2 Å². The van der Waals surface area contributed by atoms with Gasteiger partial charge in [0.05, 0.1) is 11.5 Å². The highest BCUT2D eigenvalue weighted by atomic mass is 32.1. The van der Waals surface area contributed by atoms with Crippen LogP contribution >= 0.6 is 22.7 Å². The standard InChI is InChI=1S/C21H19FN4O2S2/c1-28-12-13-17-14(22)4-2-6-16(17)29-18(13)20(27)25-8-10-26(11-9-25)21-24-15-5-3-7-23-19(15)30-21/h2-7H,8-12H2,1H3. The Morgan fingerprint density at radius 2 is 2.00 bits per heavy atom. The number of fused-ring (bicyclic) bond motifs is 2. The lowest BCUT2D eigenvalue weighted by molar-refractivity contribution is 0.0747. The molecule has 1 aliphatic rings. The second-order valence-corrected chi connectivity index (χ2v) is 9.07. The minimum Gasteiger partial charge on any atom is -0.380 e. The Morgan fingerprint density at radius 1 is 1.17 bits per heavy atom. The normalized spacial score (nSPS) is 14.7. The third kappa shape index (κ3) is 3.32. The lowest BCUT2D eigenvalue weighted by Gasteiger charge is -2.34. The Labute approximate surface area is 180 Å². The molecule has 0 N–H and O–H groups in total. The topological polar surface area (TPSA) is 58.6 Å². The molecule has 1 aromatic carbocycles. The van der Waals surface area contributed by atoms with Crippen LogP contribution in [0.1, 0.15) is 15.2 Å². The molecule has 1 aliphatic heterocycles. The Kier molecular flexibility index (Phi) is 5.10. The van der Waals surface area contributed by atoms with Crippen molar-refractivity contribution in [1.29, 1.82) is 0 Å². The number of rotatable bonds is 4. The Bertz CT molecular complexity index is 1200. The molecule has 154 valence electrons. The van der Waals surface area contributed by atoms with E-state index in [2.05, 4.69) is 14.9 Å². The summed E-state index contributed by atoms with van der Waals surface area (Å²) >= 11 is 2.90. The monoisotopic (exact) mass is 442 g/mol. The van der Waals surface area contributed by atoms with Crippen LogP contribution in [-0.2, 0) is 11.3 Å². The maximum absolute atomic E-state index is 14.4. The largest absolute Gasteiger partial charge is 0.380 e. The first-order valence-electron chi connectivity index (χ1n) is 9.60. The van der Waals surface area contributed by atoms with Crippen molar-refractivity contribution < 1.29 is 13.9 Å². The molecular weight excluding hydrogens is 423 g/mol. The van der Waals surface area contributed by atoms with Crippen molar-refractivity contribution in [2.45, 2.75) is 6.61 Å². The number of piperazine rings is 1. The quantitative estimate of drug-likeness (QED) is 0.475. The third-order valence-corrected chi connectivity index (χ3v) is 7.46. The van der Waals surface area contributed by atoms with Gasteiger partial charge in [-0.05, 0) is 24.3 Å². The van der Waals surface area contributed by atoms with Crippen LogP contribution in [-0.4, -0.2) is 54.1 Å². The van der Waals surface area contributed by atoms with E-state index in [4.69, 9.17) is 4.74 Å². The number of thiazole rings is 1. The molecule has 0 saturated carbocycles. The SMILES string of the molecule is COCc1c(C(=O)N2CCN(c3nc4cccnc4s3)CC2)sc2cccc(F)c12. The van der Waals surface area contributed by atoms with Crippen molar-refractivity contribution in [2.24, 2.45) is 0 Å². The summed E-state index contributed by atoms with van der Waals surface area (Å²) in [7, 11) is 1.56. The molecule has 0 radical (unpaired) electrons. The second kappa shape index (κ2) is 7.90. The van der Waals surface area contributed by atoms with Crippen LogP contribution in [0.5, 0.6) is 0 Å². The number of nitrogens with zero attached hydrogens (tertiary/aromatic N) is 4. The Morgan fingerprint density at radius 3 is 2.77 bits per heavy atom. The average molecular weight is 443 g/mol. The number of aromatic nitrogens is 2. The summed E-state index contributed by atoms with van der Waals surface area (Å²) in [4.78, 5) is 27.8. The summed E-state index contributed by atoms with van der Waals surface area (Å²) in [5, 5.41) is 1.42. The zero-order chi connectivity index (χ0) is 20.7. The average Bonchev–Trinajstić information content (AvgIpc) is 3.36. The van der Waals surface area contributed by atoms with Crippen LogP contribution in [0.2, 0.25) is 0 Å². The molecule has 0 aliphatic carbocycles. The van der Waals surface area contributed by atoms with Gasteiger partial charge in [0, 0.05) is 55.1 Å². The molecule has 0 bridgehead atoms. The summed E-state index contributed by atoms with van der Waals surface area (Å²) in [5.41, 5.74) is 1.53. The molecule has 1 saturated heterocycles. The number of ether oxygens (including phenoxy) is 1. The minimum absolute atomic E-state index is 0.0618. The van der Waals surface area contributed by atoms with E-state index < -0.39 is 0 Å². The van der Waals surface area contributed by atoms with E-state index in [1.165, 1.54) is 17.4 Å². The maximum atomic E-state index is 14.4. The zero-order valence-corrected chi connectivity index (χ0v) is 17.9. The number of anilines is 1. The number of hydrogen-bond donors (Lipinski definition) is 0. The summed E-state index contributed by atoms with van der Waals surface area (Å²) < 4.78 is 20.5. The molecule has 6 nitrogen and oxygen atoms in total. The minimum atomic E-state index is -0.316. The molecule has 4 aromatic rings. The van der Waals surface area contributed by atoms with Gasteiger partial charge in [-0.3, -0.25) is 4.79 Å². The first-order chi connectivity index (χ1) is 14.7. The van der Waals surface area contributed by atoms with E-state index >= 15 is 0 Å². The van der Waals surface area contributed by atoms with Crippen molar-refractivity contribution >= 4 is 54.1 Å². The predicted molar refractivity (Wildman–Crippen MR) is 118 cm³/mol. The van der Waals surface area contributed by atoms with E-state index in [0.29, 0.717) is 42.0 Å². The maximum Gasteiger partial charge on any atom is 0.264 e. The first kappa shape index (κ1) is 19.3. The molecule has 0 atom stereocenters. The van der Waals surface area contributed by atoms with Crippen molar-refractivity contribution in [2.75, 3.05) is 38.2 Å². The van der Waals surface area contributed by atoms with Crippen LogP contribution in [0, 0.1) is 5.82 Å². The van der Waals surface area contributed by atoms with Gasteiger partial charge in [0.25, 0.3) is 5.91 Å². The number of amides is 1. The molecule has 9 heteroatoms. The lowest BCUT2D eigenvalue weighted by Crippen LogP contribution is -2.48. The molecule has 5 rings (SSSR count). The number of hydrogen-bond acceptors (Lipinski definition) is 7. The van der Waals surface area contributed by atoms with Gasteiger partial charge >= 0.3 is 0 Å². The van der Waals surface area contributed by atoms with Gasteiger partial charge < -0.3 is 14.5 Å². The van der Waals surface area contributed by atoms with E-state index in [9.17, 15) is 9.18 Å². The molecule has 0 unspecified atom stereocenters. The van der Waals surface area contributed by atoms with Gasteiger partial charge in [0.1, 0.15) is 16.2 Å². The lowest BCUT2D eigenvalue weighted by atomic mass is 10.1. The molecule has 30 heavy (non-hydrogen) atoms. The van der Waals surface area contributed by atoms with Crippen LogP contribution < -0.4 is 4.90 Å². The summed E-state index contributed by atoms with van der Waals surface area (Å²) in [5.74, 6) is -0.377. The van der Waals surface area contributed by atoms with Gasteiger partial charge in [-0.25, -0.2) is 14.4 Å². The molecular formula is C21H19FN4O2S2. The van der Waals surface area contributed by atoms with Gasteiger partial charge in [-0.1, -0.05) is 17.4 Å². The van der Waals surface area contributed by atoms with E-state index in [-0.39, 0.29) is 18.3 Å². The molecule has 3 aromatic heterocycles. The second-order valence-electron chi connectivity index (χ2n) is 7.06. The Hall–Kier alpha value is -2.62. The Balaban J connectivity index is 1.37. The van der Waals surface area contributed by atoms with Gasteiger partial charge in [-0.15, -0.1) is 11.3 Å². The predicted octanol–water partition coefficient (Wildman–Crippen LogP) is 4.15. The summed E-state index contributed by atoms with van der Waals surface area (Å²) in [6.45, 7) is 2.78. The van der Waals surface area contributed by atoms with Crippen LogP contribution in [0.15, 0.2) is 36.5 Å². The van der Waals surface area contributed by atoms with E-state index in [1.807, 2.05) is 23.1 Å². The van der Waals surface area contributed by atoms with Gasteiger partial charge in [0.2, 0.25) is 0 Å². The fourth-order valence-electron chi connectivity index (χ4n) is 3.76. The number of halogens is 1. The number of carbonyl (C=O) groups is 1. The summed E-state index contributed by atoms with van der Waals surface area (Å²) in [6.07, 6.45) is 1.77. The zero-order valence-electron chi connectivity index (χ0n) is 16.3. The number of carbonyl (C=O) groups excluding carboxylic acids is 1. The number of thiophene rings is 1. The number of methoxy groups -OCH3 is 1. The van der Waals surface area contributed by atoms with Crippen molar-refractivity contribution in [3.05, 3.63) is 52.8 Å². The fraction of sp³-hybridized carbons (Fsp3) is 0.286. The smallest absolute Gasteiger partial charge is 0.264 e. The van der Waals surface area contributed by atoms with Crippen LogP contribution in [0.25, 0.3) is 20.4 Å². The number of benzene rings is 1. The van der Waals surface area contributed by atoms with E-state index in [1.54, 1.807) is 30.7 Å². The molecule has 4 heterocycles. The van der Waals surface area contributed by atoms with Crippen LogP contribution in [0.4, 0.5) is 9.52 Å². The highest BCUT2D eigenvalue weighted by molar-refractivity contribution is 7.22. The van der Waals surface area contributed by atoms with Gasteiger partial charge in [0.15, 0.2) is 5.13 Å². The van der Waals surface area contributed by atoms with Crippen molar-refractivity contribution in [1.82, 2.24) is 14.9 Å². The van der Waals surface area contributed by atoms with Crippen molar-refractivity contribution in [3.8, 4) is 0 Å². The first-order valence-corrected chi connectivity index (χ1v) is 11.2. The fourth-order valence-corrected chi connectivity index (χ4v) is 5.91. The highest BCUT2D eigenvalue weighted by Crippen LogP contribution is 2.35. The van der Waals surface area contributed by atoms with Gasteiger partial charge in [-0.2, -0.15) is 0 Å². The molecule has 1 fully saturated rings. The molecule has 0 spiro atoms. The molecule has 1 amide bonds. The van der Waals surface area contributed by atoms with Crippen molar-refractivity contribution in [3.63, 3.8) is 0 Å². The highest BCUT2D eigenvalue weighted by Gasteiger charge is 2.28. The van der Waals surface area contributed by atoms with Crippen LogP contribution in [0.3, 0.4) is 0 Å².